The van der Waals surface area contributed by atoms with E-state index >= 15 is 0 Å². The summed E-state index contributed by atoms with van der Waals surface area (Å²) in [5.74, 6) is -0.768. The zero-order valence-corrected chi connectivity index (χ0v) is 13.0. The van der Waals surface area contributed by atoms with Crippen LogP contribution in [0.4, 0.5) is 5.00 Å². The summed E-state index contributed by atoms with van der Waals surface area (Å²) in [5.41, 5.74) is 1.59. The molecule has 4 nitrogen and oxygen atoms in total. The molecule has 0 spiro atoms. The van der Waals surface area contributed by atoms with Crippen molar-refractivity contribution in [1.29, 1.82) is 0 Å². The molecule has 0 radical (unpaired) electrons. The number of alkyl halides is 1. The fraction of sp³-hybridized carbons (Fsp3) is 0.571. The third-order valence-corrected chi connectivity index (χ3v) is 4.73. The number of rotatable bonds is 4. The van der Waals surface area contributed by atoms with Crippen molar-refractivity contribution in [2.24, 2.45) is 0 Å². The standard InChI is InChI=1S/C14H18ClNO3S/c1-2-19-14(18)12-9-6-4-3-5-7-10(9)20-13(12)16-11(17)8-15/h2-8H2,1H3,(H,16,17). The van der Waals surface area contributed by atoms with Crippen LogP contribution in [0.15, 0.2) is 0 Å². The molecule has 20 heavy (non-hydrogen) atoms. The molecule has 0 aromatic carbocycles. The van der Waals surface area contributed by atoms with E-state index in [1.54, 1.807) is 6.92 Å². The summed E-state index contributed by atoms with van der Waals surface area (Å²) in [7, 11) is 0. The highest BCUT2D eigenvalue weighted by Crippen LogP contribution is 2.37. The molecular formula is C14H18ClNO3S. The third-order valence-electron chi connectivity index (χ3n) is 3.28. The number of hydrogen-bond acceptors (Lipinski definition) is 4. The molecule has 2 rings (SSSR count). The zero-order valence-electron chi connectivity index (χ0n) is 11.5. The number of ether oxygens (including phenoxy) is 1. The second-order valence-electron chi connectivity index (χ2n) is 4.67. The number of carbonyl (C=O) groups is 2. The first-order valence-electron chi connectivity index (χ1n) is 6.84. The van der Waals surface area contributed by atoms with Gasteiger partial charge in [0.05, 0.1) is 12.2 Å². The van der Waals surface area contributed by atoms with Gasteiger partial charge in [-0.1, -0.05) is 6.42 Å². The van der Waals surface area contributed by atoms with Crippen LogP contribution in [0.1, 0.15) is 47.0 Å². The van der Waals surface area contributed by atoms with Gasteiger partial charge in [0.25, 0.3) is 0 Å². The minimum Gasteiger partial charge on any atom is -0.462 e. The monoisotopic (exact) mass is 315 g/mol. The normalized spacial score (nSPS) is 14.3. The van der Waals surface area contributed by atoms with Crippen LogP contribution >= 0.6 is 22.9 Å². The molecule has 0 unspecified atom stereocenters. The largest absolute Gasteiger partial charge is 0.462 e. The van der Waals surface area contributed by atoms with Gasteiger partial charge in [0.15, 0.2) is 0 Å². The van der Waals surface area contributed by atoms with Crippen molar-refractivity contribution in [3.05, 3.63) is 16.0 Å². The number of amides is 1. The Morgan fingerprint density at radius 1 is 1.30 bits per heavy atom. The highest BCUT2D eigenvalue weighted by atomic mass is 35.5. The molecule has 6 heteroatoms. The lowest BCUT2D eigenvalue weighted by Gasteiger charge is -2.07. The minimum atomic E-state index is -0.350. The van der Waals surface area contributed by atoms with Gasteiger partial charge in [0, 0.05) is 4.88 Å². The van der Waals surface area contributed by atoms with Crippen LogP contribution in [0.5, 0.6) is 0 Å². The first-order chi connectivity index (χ1) is 9.67. The number of thiophene rings is 1. The SMILES string of the molecule is CCOC(=O)c1c(NC(=O)CCl)sc2c1CCCCC2. The van der Waals surface area contributed by atoms with Crippen LogP contribution in [0.25, 0.3) is 0 Å². The number of hydrogen-bond donors (Lipinski definition) is 1. The summed E-state index contributed by atoms with van der Waals surface area (Å²) in [5, 5.41) is 3.31. The Bertz CT molecular complexity index is 513. The average Bonchev–Trinajstić information content (AvgIpc) is 2.60. The first-order valence-corrected chi connectivity index (χ1v) is 8.20. The summed E-state index contributed by atoms with van der Waals surface area (Å²) < 4.78 is 5.13. The molecule has 1 aromatic rings. The van der Waals surface area contributed by atoms with E-state index in [0.717, 1.165) is 31.2 Å². The summed E-state index contributed by atoms with van der Waals surface area (Å²) in [6, 6.07) is 0. The van der Waals surface area contributed by atoms with Crippen LogP contribution in [-0.2, 0) is 22.4 Å². The van der Waals surface area contributed by atoms with E-state index in [4.69, 9.17) is 16.3 Å². The Morgan fingerprint density at radius 2 is 2.05 bits per heavy atom. The van der Waals surface area contributed by atoms with E-state index in [2.05, 4.69) is 5.32 Å². The van der Waals surface area contributed by atoms with Crippen molar-refractivity contribution >= 4 is 39.8 Å². The van der Waals surface area contributed by atoms with Gasteiger partial charge in [0.2, 0.25) is 5.91 Å². The summed E-state index contributed by atoms with van der Waals surface area (Å²) in [6.07, 6.45) is 5.20. The van der Waals surface area contributed by atoms with Crippen molar-refractivity contribution in [2.75, 3.05) is 17.8 Å². The Balaban J connectivity index is 2.39. The quantitative estimate of drug-likeness (QED) is 0.526. The molecule has 1 aliphatic carbocycles. The molecule has 0 atom stereocenters. The van der Waals surface area contributed by atoms with E-state index in [9.17, 15) is 9.59 Å². The third kappa shape index (κ3) is 3.33. The van der Waals surface area contributed by atoms with Crippen molar-refractivity contribution in [1.82, 2.24) is 0 Å². The highest BCUT2D eigenvalue weighted by Gasteiger charge is 2.26. The molecule has 1 aromatic heterocycles. The molecule has 0 aliphatic heterocycles. The molecule has 0 saturated carbocycles. The molecule has 1 amide bonds. The Kier molecular flexibility index (Phi) is 5.43. The average molecular weight is 316 g/mol. The maximum Gasteiger partial charge on any atom is 0.341 e. The minimum absolute atomic E-state index is 0.120. The van der Waals surface area contributed by atoms with Crippen molar-refractivity contribution in [3.63, 3.8) is 0 Å². The van der Waals surface area contributed by atoms with Gasteiger partial charge in [-0.05, 0) is 38.2 Å². The van der Waals surface area contributed by atoms with Gasteiger partial charge in [-0.3, -0.25) is 4.79 Å². The topological polar surface area (TPSA) is 55.4 Å². The van der Waals surface area contributed by atoms with E-state index in [0.29, 0.717) is 17.2 Å². The lowest BCUT2D eigenvalue weighted by atomic mass is 10.1. The number of carbonyl (C=O) groups excluding carboxylic acids is 2. The van der Waals surface area contributed by atoms with E-state index < -0.39 is 0 Å². The Hall–Kier alpha value is -1.07. The second kappa shape index (κ2) is 7.09. The van der Waals surface area contributed by atoms with Crippen molar-refractivity contribution in [3.8, 4) is 0 Å². The van der Waals surface area contributed by atoms with E-state index in [1.165, 1.54) is 22.6 Å². The molecular weight excluding hydrogens is 298 g/mol. The fourth-order valence-electron chi connectivity index (χ4n) is 2.41. The predicted octanol–water partition coefficient (Wildman–Crippen LogP) is 3.37. The fourth-order valence-corrected chi connectivity index (χ4v) is 3.77. The summed E-state index contributed by atoms with van der Waals surface area (Å²) >= 11 is 7.01. The number of esters is 1. The molecule has 110 valence electrons. The lowest BCUT2D eigenvalue weighted by molar-refractivity contribution is -0.113. The number of anilines is 1. The van der Waals surface area contributed by atoms with Gasteiger partial charge in [-0.2, -0.15) is 0 Å². The second-order valence-corrected chi connectivity index (χ2v) is 6.04. The molecule has 0 fully saturated rings. The zero-order chi connectivity index (χ0) is 14.5. The summed E-state index contributed by atoms with van der Waals surface area (Å²) in [6.45, 7) is 2.10. The molecule has 1 aliphatic rings. The van der Waals surface area contributed by atoms with Gasteiger partial charge < -0.3 is 10.1 Å². The Morgan fingerprint density at radius 3 is 2.75 bits per heavy atom. The first kappa shape index (κ1) is 15.3. The predicted molar refractivity (Wildman–Crippen MR) is 80.9 cm³/mol. The van der Waals surface area contributed by atoms with Crippen LogP contribution in [0.2, 0.25) is 0 Å². The van der Waals surface area contributed by atoms with Gasteiger partial charge in [-0.25, -0.2) is 4.79 Å². The number of fused-ring (bicyclic) bond motifs is 1. The molecule has 1 N–H and O–H groups in total. The molecule has 0 bridgehead atoms. The van der Waals surface area contributed by atoms with Gasteiger partial charge in [0.1, 0.15) is 10.9 Å². The lowest BCUT2D eigenvalue weighted by Crippen LogP contribution is -2.15. The number of halogens is 1. The number of aryl methyl sites for hydroxylation is 1. The smallest absolute Gasteiger partial charge is 0.341 e. The van der Waals surface area contributed by atoms with Crippen LogP contribution in [-0.4, -0.2) is 24.4 Å². The van der Waals surface area contributed by atoms with Crippen LogP contribution in [0, 0.1) is 0 Å². The van der Waals surface area contributed by atoms with Gasteiger partial charge in [-0.15, -0.1) is 22.9 Å². The maximum absolute atomic E-state index is 12.2. The van der Waals surface area contributed by atoms with Crippen LogP contribution < -0.4 is 5.32 Å². The molecule has 0 saturated heterocycles. The van der Waals surface area contributed by atoms with Crippen LogP contribution in [0.3, 0.4) is 0 Å². The van der Waals surface area contributed by atoms with E-state index in [-0.39, 0.29) is 17.8 Å². The van der Waals surface area contributed by atoms with Crippen molar-refractivity contribution < 1.29 is 14.3 Å². The van der Waals surface area contributed by atoms with Gasteiger partial charge >= 0.3 is 5.97 Å². The Labute approximate surface area is 127 Å². The maximum atomic E-state index is 12.2. The van der Waals surface area contributed by atoms with Crippen molar-refractivity contribution in [2.45, 2.75) is 39.0 Å². The summed E-state index contributed by atoms with van der Waals surface area (Å²) in [4.78, 5) is 24.9. The number of nitrogens with one attached hydrogen (secondary N) is 1. The highest BCUT2D eigenvalue weighted by molar-refractivity contribution is 7.17. The van der Waals surface area contributed by atoms with E-state index in [1.807, 2.05) is 0 Å². The molecule has 1 heterocycles.